The third-order valence-corrected chi connectivity index (χ3v) is 5.14. The summed E-state index contributed by atoms with van der Waals surface area (Å²) in [5.41, 5.74) is 6.82. The van der Waals surface area contributed by atoms with Crippen molar-refractivity contribution in [2.24, 2.45) is 0 Å². The highest BCUT2D eigenvalue weighted by molar-refractivity contribution is 7.98. The summed E-state index contributed by atoms with van der Waals surface area (Å²) < 4.78 is 5.03. The number of rotatable bonds is 5. The number of ether oxygens (including phenoxy) is 1. The lowest BCUT2D eigenvalue weighted by atomic mass is 10.2. The lowest BCUT2D eigenvalue weighted by Gasteiger charge is -2.05. The molecule has 0 amide bonds. The quantitative estimate of drug-likeness (QED) is 0.640. The van der Waals surface area contributed by atoms with E-state index in [-0.39, 0.29) is 6.61 Å². The molecule has 0 aliphatic heterocycles. The number of nitriles is 1. The van der Waals surface area contributed by atoms with E-state index in [2.05, 4.69) is 6.07 Å². The van der Waals surface area contributed by atoms with Gasteiger partial charge in [-0.15, -0.1) is 23.1 Å². The molecule has 1 aromatic carbocycles. The summed E-state index contributed by atoms with van der Waals surface area (Å²) in [6.45, 7) is 2.02. The molecule has 22 heavy (non-hydrogen) atoms. The van der Waals surface area contributed by atoms with Crippen molar-refractivity contribution in [3.63, 3.8) is 0 Å². The second-order valence-electron chi connectivity index (χ2n) is 4.22. The van der Waals surface area contributed by atoms with Crippen LogP contribution in [-0.4, -0.2) is 12.6 Å². The third-order valence-electron chi connectivity index (χ3n) is 2.80. The summed E-state index contributed by atoms with van der Waals surface area (Å²) in [6.07, 6.45) is 0. The number of hydrogen-bond acceptors (Lipinski definition) is 6. The lowest BCUT2D eigenvalue weighted by Crippen LogP contribution is -2.05. The van der Waals surface area contributed by atoms with Crippen molar-refractivity contribution in [1.82, 2.24) is 0 Å². The fourth-order valence-corrected chi connectivity index (χ4v) is 3.87. The Labute approximate surface area is 141 Å². The lowest BCUT2D eigenvalue weighted by molar-refractivity contribution is 0.0531. The summed E-state index contributed by atoms with van der Waals surface area (Å²) in [6, 6.07) is 9.44. The Hall–Kier alpha value is -1.68. The smallest absolute Gasteiger partial charge is 0.348 e. The van der Waals surface area contributed by atoms with Crippen LogP contribution in [0.25, 0.3) is 0 Å². The van der Waals surface area contributed by atoms with Crippen molar-refractivity contribution in [2.45, 2.75) is 17.6 Å². The van der Waals surface area contributed by atoms with Crippen molar-refractivity contribution in [3.8, 4) is 6.07 Å². The van der Waals surface area contributed by atoms with Gasteiger partial charge in [-0.3, -0.25) is 0 Å². The zero-order valence-corrected chi connectivity index (χ0v) is 14.1. The molecule has 2 N–H and O–H groups in total. The summed E-state index contributed by atoms with van der Waals surface area (Å²) in [7, 11) is 0. The van der Waals surface area contributed by atoms with Crippen molar-refractivity contribution >= 4 is 45.7 Å². The molecule has 4 nitrogen and oxygen atoms in total. The van der Waals surface area contributed by atoms with E-state index in [1.165, 1.54) is 11.8 Å². The largest absolute Gasteiger partial charge is 0.462 e. The molecule has 1 aromatic heterocycles. The summed E-state index contributed by atoms with van der Waals surface area (Å²) in [5.74, 6) is 0.0271. The molecular formula is C15H13ClN2O2S2. The fraction of sp³-hybridized carbons (Fsp3) is 0.200. The maximum Gasteiger partial charge on any atom is 0.348 e. The maximum absolute atomic E-state index is 12.0. The number of carbonyl (C=O) groups excluding carboxylic acids is 1. The number of nitrogen functional groups attached to an aromatic ring is 1. The van der Waals surface area contributed by atoms with Gasteiger partial charge in [0.25, 0.3) is 0 Å². The number of carbonyl (C=O) groups is 1. The van der Waals surface area contributed by atoms with Gasteiger partial charge in [-0.2, -0.15) is 5.26 Å². The number of anilines is 1. The molecule has 0 aliphatic carbocycles. The number of nitrogens with two attached hydrogens (primary N) is 1. The molecule has 0 aliphatic rings. The molecule has 0 bridgehead atoms. The first kappa shape index (κ1) is 16.7. The van der Waals surface area contributed by atoms with Crippen LogP contribution in [0.1, 0.15) is 27.7 Å². The molecule has 2 rings (SSSR count). The second-order valence-corrected chi connectivity index (χ2v) is 6.76. The van der Waals surface area contributed by atoms with Crippen molar-refractivity contribution < 1.29 is 9.53 Å². The van der Waals surface area contributed by atoms with Gasteiger partial charge in [-0.1, -0.05) is 11.6 Å². The van der Waals surface area contributed by atoms with Crippen molar-refractivity contribution in [2.75, 3.05) is 12.3 Å². The van der Waals surface area contributed by atoms with E-state index in [1.54, 1.807) is 19.1 Å². The number of thiophene rings is 1. The van der Waals surface area contributed by atoms with E-state index in [0.717, 1.165) is 16.2 Å². The van der Waals surface area contributed by atoms with Crippen molar-refractivity contribution in [3.05, 3.63) is 45.3 Å². The predicted octanol–water partition coefficient (Wildman–Crippen LogP) is 4.32. The van der Waals surface area contributed by atoms with E-state index in [9.17, 15) is 10.1 Å². The Morgan fingerprint density at radius 3 is 2.73 bits per heavy atom. The molecule has 0 unspecified atom stereocenters. The minimum Gasteiger partial charge on any atom is -0.462 e. The van der Waals surface area contributed by atoms with Gasteiger partial charge in [0.05, 0.1) is 12.2 Å². The molecule has 2 aromatic rings. The molecule has 0 spiro atoms. The van der Waals surface area contributed by atoms with Gasteiger partial charge in [0.1, 0.15) is 15.9 Å². The van der Waals surface area contributed by atoms with Crippen LogP contribution in [0, 0.1) is 11.3 Å². The Kier molecular flexibility index (Phi) is 5.72. The molecule has 0 atom stereocenters. The molecule has 114 valence electrons. The van der Waals surface area contributed by atoms with Crippen LogP contribution >= 0.6 is 34.7 Å². The summed E-state index contributed by atoms with van der Waals surface area (Å²) in [5, 5.41) is 10.3. The Bertz CT molecular complexity index is 720. The van der Waals surface area contributed by atoms with Gasteiger partial charge in [0.15, 0.2) is 0 Å². The highest BCUT2D eigenvalue weighted by Crippen LogP contribution is 2.35. The summed E-state index contributed by atoms with van der Waals surface area (Å²) >= 11 is 8.46. The number of esters is 1. The van der Waals surface area contributed by atoms with E-state index in [0.29, 0.717) is 31.8 Å². The Morgan fingerprint density at radius 1 is 1.45 bits per heavy atom. The van der Waals surface area contributed by atoms with Gasteiger partial charge >= 0.3 is 5.97 Å². The summed E-state index contributed by atoms with van der Waals surface area (Å²) in [4.78, 5) is 13.4. The minimum atomic E-state index is -0.438. The van der Waals surface area contributed by atoms with Gasteiger partial charge < -0.3 is 10.5 Å². The second kappa shape index (κ2) is 7.54. The van der Waals surface area contributed by atoms with Crippen LogP contribution in [0.4, 0.5) is 5.00 Å². The topological polar surface area (TPSA) is 76.1 Å². The monoisotopic (exact) mass is 352 g/mol. The number of hydrogen-bond donors (Lipinski definition) is 1. The van der Waals surface area contributed by atoms with Gasteiger partial charge in [-0.05, 0) is 31.2 Å². The highest BCUT2D eigenvalue weighted by Gasteiger charge is 2.22. The molecule has 0 fully saturated rings. The standard InChI is InChI=1S/C15H13ClN2O2S2/c1-2-20-15(19)13-12(11(7-17)14(18)22-13)8-21-10-5-3-9(16)4-6-10/h3-6H,2,8,18H2,1H3. The van der Waals surface area contributed by atoms with Crippen LogP contribution in [0.2, 0.25) is 5.02 Å². The minimum absolute atomic E-state index is 0.280. The fourth-order valence-electron chi connectivity index (χ4n) is 1.79. The molecule has 1 heterocycles. The van der Waals surface area contributed by atoms with Crippen LogP contribution in [-0.2, 0) is 10.5 Å². The zero-order chi connectivity index (χ0) is 16.1. The SMILES string of the molecule is CCOC(=O)c1sc(N)c(C#N)c1CSc1ccc(Cl)cc1. The first-order valence-electron chi connectivity index (χ1n) is 6.43. The third kappa shape index (κ3) is 3.74. The van der Waals surface area contributed by atoms with Gasteiger partial charge in [0.2, 0.25) is 0 Å². The Balaban J connectivity index is 2.26. The van der Waals surface area contributed by atoms with Gasteiger partial charge in [0, 0.05) is 21.2 Å². The number of benzene rings is 1. The van der Waals surface area contributed by atoms with Crippen LogP contribution in [0.5, 0.6) is 0 Å². The average Bonchev–Trinajstić information content (AvgIpc) is 2.83. The zero-order valence-electron chi connectivity index (χ0n) is 11.8. The normalized spacial score (nSPS) is 10.2. The molecule has 0 radical (unpaired) electrons. The highest BCUT2D eigenvalue weighted by atomic mass is 35.5. The predicted molar refractivity (Wildman–Crippen MR) is 90.4 cm³/mol. The van der Waals surface area contributed by atoms with Gasteiger partial charge in [-0.25, -0.2) is 4.79 Å². The van der Waals surface area contributed by atoms with E-state index in [1.807, 2.05) is 12.1 Å². The van der Waals surface area contributed by atoms with Crippen LogP contribution < -0.4 is 5.73 Å². The molecule has 0 saturated heterocycles. The van der Waals surface area contributed by atoms with Crippen molar-refractivity contribution in [1.29, 1.82) is 5.26 Å². The van der Waals surface area contributed by atoms with E-state index in [4.69, 9.17) is 22.1 Å². The Morgan fingerprint density at radius 2 is 2.14 bits per heavy atom. The molecule has 0 saturated carbocycles. The van der Waals surface area contributed by atoms with E-state index < -0.39 is 5.97 Å². The first-order valence-corrected chi connectivity index (χ1v) is 8.61. The first-order chi connectivity index (χ1) is 10.6. The van der Waals surface area contributed by atoms with E-state index >= 15 is 0 Å². The maximum atomic E-state index is 12.0. The number of halogens is 1. The van der Waals surface area contributed by atoms with Crippen LogP contribution in [0.3, 0.4) is 0 Å². The molecular weight excluding hydrogens is 340 g/mol. The average molecular weight is 353 g/mol. The number of nitrogens with zero attached hydrogens (tertiary/aromatic N) is 1. The number of thioether (sulfide) groups is 1. The van der Waals surface area contributed by atoms with Crippen LogP contribution in [0.15, 0.2) is 29.2 Å². The molecule has 7 heteroatoms.